The van der Waals surface area contributed by atoms with Crippen LogP contribution in [0.4, 0.5) is 0 Å². The Morgan fingerprint density at radius 3 is 1.72 bits per heavy atom. The fourth-order valence-corrected chi connectivity index (χ4v) is 6.53. The molecule has 0 bridgehead atoms. The number of hydrazine groups is 1. The van der Waals surface area contributed by atoms with E-state index >= 15 is 0 Å². The van der Waals surface area contributed by atoms with Crippen molar-refractivity contribution in [3.8, 4) is 0 Å². The molecule has 0 radical (unpaired) electrons. The Morgan fingerprint density at radius 1 is 0.931 bits per heavy atom. The van der Waals surface area contributed by atoms with Crippen LogP contribution in [0.15, 0.2) is 17.0 Å². The van der Waals surface area contributed by atoms with Crippen LogP contribution >= 0.6 is 0 Å². The number of nitrogens with zero attached hydrogens (tertiary/aromatic N) is 1. The molecule has 0 heterocycles. The van der Waals surface area contributed by atoms with Gasteiger partial charge in [-0.3, -0.25) is 10.6 Å². The number of ketones is 1. The fraction of sp³-hybridized carbons (Fsp3) is 0.696. The number of sulfonamides is 1. The van der Waals surface area contributed by atoms with E-state index in [0.29, 0.717) is 17.7 Å². The molecule has 1 aromatic rings. The molecule has 2 N–H and O–H groups in total. The van der Waals surface area contributed by atoms with Gasteiger partial charge in [-0.05, 0) is 54.2 Å². The van der Waals surface area contributed by atoms with Gasteiger partial charge >= 0.3 is 0 Å². The van der Waals surface area contributed by atoms with E-state index in [1.807, 2.05) is 39.8 Å². The molecule has 0 unspecified atom stereocenters. The molecule has 1 aliphatic rings. The first-order chi connectivity index (χ1) is 13.4. The van der Waals surface area contributed by atoms with E-state index in [-0.39, 0.29) is 23.5 Å². The van der Waals surface area contributed by atoms with Gasteiger partial charge in [-0.1, -0.05) is 72.9 Å². The lowest BCUT2D eigenvalue weighted by Gasteiger charge is -2.41. The summed E-state index contributed by atoms with van der Waals surface area (Å²) in [4.78, 5) is 12.9. The molecule has 0 aromatic heterocycles. The molecule has 0 aliphatic heterocycles. The van der Waals surface area contributed by atoms with Gasteiger partial charge < -0.3 is 0 Å². The first kappa shape index (κ1) is 24.0. The molecule has 164 valence electrons. The van der Waals surface area contributed by atoms with Crippen molar-refractivity contribution in [2.75, 3.05) is 0 Å². The predicted octanol–water partition coefficient (Wildman–Crippen LogP) is 5.21. The SMILES string of the molecule is CC(=O)C1(N(N)S(=O)(=O)c2c(C(C)C)cc(C(C)C)cc2C(C)C)CCCCC1. The maximum Gasteiger partial charge on any atom is 0.257 e. The molecule has 6 heteroatoms. The van der Waals surface area contributed by atoms with E-state index < -0.39 is 15.6 Å². The quantitative estimate of drug-likeness (QED) is 0.483. The van der Waals surface area contributed by atoms with E-state index in [2.05, 4.69) is 13.8 Å². The molecule has 0 atom stereocenters. The van der Waals surface area contributed by atoms with Crippen molar-refractivity contribution >= 4 is 15.8 Å². The van der Waals surface area contributed by atoms with Crippen molar-refractivity contribution in [2.24, 2.45) is 5.84 Å². The summed E-state index contributed by atoms with van der Waals surface area (Å²) in [5.41, 5.74) is 1.55. The molecule has 1 aromatic carbocycles. The van der Waals surface area contributed by atoms with Crippen LogP contribution in [0.3, 0.4) is 0 Å². The van der Waals surface area contributed by atoms with Crippen molar-refractivity contribution in [2.45, 2.75) is 109 Å². The molecule has 1 aliphatic carbocycles. The third kappa shape index (κ3) is 4.44. The van der Waals surface area contributed by atoms with E-state index in [1.165, 1.54) is 6.92 Å². The number of nitrogens with two attached hydrogens (primary N) is 1. The molecular formula is C23H38N2O3S. The van der Waals surface area contributed by atoms with Crippen molar-refractivity contribution in [1.29, 1.82) is 0 Å². The van der Waals surface area contributed by atoms with Crippen molar-refractivity contribution in [3.63, 3.8) is 0 Å². The average Bonchev–Trinajstić information content (AvgIpc) is 2.66. The van der Waals surface area contributed by atoms with Gasteiger partial charge in [0, 0.05) is 0 Å². The molecule has 5 nitrogen and oxygen atoms in total. The van der Waals surface area contributed by atoms with Crippen LogP contribution in [0.2, 0.25) is 0 Å². The minimum atomic E-state index is -4.05. The molecule has 0 spiro atoms. The Balaban J connectivity index is 2.77. The van der Waals surface area contributed by atoms with Gasteiger partial charge in [-0.25, -0.2) is 8.42 Å². The molecule has 1 fully saturated rings. The largest absolute Gasteiger partial charge is 0.298 e. The van der Waals surface area contributed by atoms with Crippen LogP contribution in [-0.4, -0.2) is 24.2 Å². The topological polar surface area (TPSA) is 80.5 Å². The van der Waals surface area contributed by atoms with Gasteiger partial charge in [0.2, 0.25) is 0 Å². The Kier molecular flexibility index (Phi) is 7.35. The second-order valence-electron chi connectivity index (χ2n) is 9.44. The maximum absolute atomic E-state index is 13.9. The standard InChI is InChI=1S/C23H38N2O3S/c1-15(2)19-13-20(16(3)4)22(21(14-19)17(5)6)29(27,28)25(24)23(18(7)26)11-9-8-10-12-23/h13-17H,8-12,24H2,1-7H3. The number of Topliss-reactive ketones (excluding diaryl/α,β-unsaturated/α-hetero) is 1. The van der Waals surface area contributed by atoms with Crippen LogP contribution < -0.4 is 5.84 Å². The predicted molar refractivity (Wildman–Crippen MR) is 118 cm³/mol. The van der Waals surface area contributed by atoms with E-state index in [4.69, 9.17) is 5.84 Å². The Hall–Kier alpha value is -1.24. The number of carbonyl (C=O) groups excluding carboxylic acids is 1. The fourth-order valence-electron chi connectivity index (χ4n) is 4.38. The van der Waals surface area contributed by atoms with Gasteiger partial charge in [0.25, 0.3) is 10.0 Å². The third-order valence-electron chi connectivity index (χ3n) is 6.35. The minimum Gasteiger partial charge on any atom is -0.298 e. The second kappa shape index (κ2) is 8.86. The lowest BCUT2D eigenvalue weighted by atomic mass is 9.79. The first-order valence-electron chi connectivity index (χ1n) is 10.8. The van der Waals surface area contributed by atoms with Crippen LogP contribution in [0.25, 0.3) is 0 Å². The molecule has 0 saturated heterocycles. The van der Waals surface area contributed by atoms with Crippen LogP contribution in [0.1, 0.15) is 115 Å². The molecule has 1 saturated carbocycles. The van der Waals surface area contributed by atoms with E-state index in [9.17, 15) is 13.2 Å². The molecule has 2 rings (SSSR count). The van der Waals surface area contributed by atoms with E-state index in [1.54, 1.807) is 0 Å². The Morgan fingerprint density at radius 2 is 1.38 bits per heavy atom. The zero-order valence-corrected chi connectivity index (χ0v) is 19.9. The highest BCUT2D eigenvalue weighted by Crippen LogP contribution is 2.40. The maximum atomic E-state index is 13.9. The summed E-state index contributed by atoms with van der Waals surface area (Å²) < 4.78 is 28.8. The van der Waals surface area contributed by atoms with Gasteiger partial charge in [-0.2, -0.15) is 0 Å². The highest BCUT2D eigenvalue weighted by Gasteiger charge is 2.48. The number of benzene rings is 1. The second-order valence-corrected chi connectivity index (χ2v) is 11.2. The summed E-state index contributed by atoms with van der Waals surface area (Å²) >= 11 is 0. The monoisotopic (exact) mass is 422 g/mol. The number of rotatable bonds is 7. The summed E-state index contributed by atoms with van der Waals surface area (Å²) in [5, 5.41) is 0. The van der Waals surface area contributed by atoms with Gasteiger partial charge in [0.1, 0.15) is 5.54 Å². The Bertz CT molecular complexity index is 822. The number of hydrogen-bond acceptors (Lipinski definition) is 4. The minimum absolute atomic E-state index is 0.0176. The van der Waals surface area contributed by atoms with Crippen LogP contribution in [0.5, 0.6) is 0 Å². The summed E-state index contributed by atoms with van der Waals surface area (Å²) in [6.07, 6.45) is 3.58. The van der Waals surface area contributed by atoms with Crippen molar-refractivity contribution in [3.05, 3.63) is 28.8 Å². The van der Waals surface area contributed by atoms with Crippen LogP contribution in [0, 0.1) is 0 Å². The third-order valence-corrected chi connectivity index (χ3v) is 8.21. The highest BCUT2D eigenvalue weighted by molar-refractivity contribution is 7.89. The van der Waals surface area contributed by atoms with Gasteiger partial charge in [0.05, 0.1) is 4.90 Å². The average molecular weight is 423 g/mol. The summed E-state index contributed by atoms with van der Waals surface area (Å²) in [7, 11) is -4.05. The number of carbonyl (C=O) groups is 1. The van der Waals surface area contributed by atoms with Gasteiger partial charge in [-0.15, -0.1) is 4.41 Å². The normalized spacial score (nSPS) is 17.5. The Labute approximate surface area is 177 Å². The molecular weight excluding hydrogens is 384 g/mol. The van der Waals surface area contributed by atoms with E-state index in [0.717, 1.165) is 40.4 Å². The van der Waals surface area contributed by atoms with Crippen molar-refractivity contribution in [1.82, 2.24) is 4.41 Å². The molecule has 0 amide bonds. The zero-order valence-electron chi connectivity index (χ0n) is 19.1. The lowest BCUT2D eigenvalue weighted by molar-refractivity contribution is -0.128. The van der Waals surface area contributed by atoms with Gasteiger partial charge in [0.15, 0.2) is 5.78 Å². The lowest BCUT2D eigenvalue weighted by Crippen LogP contribution is -2.60. The highest BCUT2D eigenvalue weighted by atomic mass is 32.2. The smallest absolute Gasteiger partial charge is 0.257 e. The summed E-state index contributed by atoms with van der Waals surface area (Å²) in [6, 6.07) is 4.01. The first-order valence-corrected chi connectivity index (χ1v) is 12.3. The summed E-state index contributed by atoms with van der Waals surface area (Å²) in [5.74, 6) is 6.51. The van der Waals surface area contributed by atoms with Crippen molar-refractivity contribution < 1.29 is 13.2 Å². The zero-order chi connectivity index (χ0) is 22.1. The van der Waals surface area contributed by atoms with Crippen LogP contribution in [-0.2, 0) is 14.8 Å². The summed E-state index contributed by atoms with van der Waals surface area (Å²) in [6.45, 7) is 13.7. The molecule has 29 heavy (non-hydrogen) atoms. The number of hydrogen-bond donors (Lipinski definition) is 1.